The molecule has 0 aliphatic heterocycles. The minimum absolute atomic E-state index is 0.00330. The molecule has 0 atom stereocenters. The number of carbonyl (C=O) groups is 2. The Morgan fingerprint density at radius 1 is 1.22 bits per heavy atom. The van der Waals surface area contributed by atoms with Crippen LogP contribution in [0, 0.1) is 0 Å². The highest BCUT2D eigenvalue weighted by atomic mass is 16.5. The molecule has 0 radical (unpaired) electrons. The summed E-state index contributed by atoms with van der Waals surface area (Å²) in [5.41, 5.74) is 1.02. The van der Waals surface area contributed by atoms with Crippen molar-refractivity contribution in [3.05, 3.63) is 23.8 Å². The zero-order valence-corrected chi connectivity index (χ0v) is 13.8. The summed E-state index contributed by atoms with van der Waals surface area (Å²) in [6.07, 6.45) is 2.54. The highest BCUT2D eigenvalue weighted by molar-refractivity contribution is 5.80. The van der Waals surface area contributed by atoms with Gasteiger partial charge < -0.3 is 19.9 Å². The number of ether oxygens (including phenoxy) is 2. The average Bonchev–Trinajstić information content (AvgIpc) is 2.53. The van der Waals surface area contributed by atoms with Gasteiger partial charge in [0, 0.05) is 13.0 Å². The maximum absolute atomic E-state index is 11.5. The number of rotatable bonds is 11. The van der Waals surface area contributed by atoms with E-state index in [4.69, 9.17) is 14.6 Å². The summed E-state index contributed by atoms with van der Waals surface area (Å²) in [7, 11) is 1.60. The van der Waals surface area contributed by atoms with Crippen molar-refractivity contribution in [2.24, 2.45) is 0 Å². The molecule has 0 aromatic heterocycles. The zero-order chi connectivity index (χ0) is 17.1. The molecule has 1 rings (SSSR count). The third-order valence-electron chi connectivity index (χ3n) is 3.29. The van der Waals surface area contributed by atoms with E-state index in [0.717, 1.165) is 18.4 Å². The second kappa shape index (κ2) is 10.5. The predicted octanol–water partition coefficient (Wildman–Crippen LogP) is 2.40. The van der Waals surface area contributed by atoms with Crippen LogP contribution in [0.1, 0.15) is 38.2 Å². The first-order chi connectivity index (χ1) is 11.1. The third kappa shape index (κ3) is 7.54. The number of carbonyl (C=O) groups excluding carboxylic acids is 1. The smallest absolute Gasteiger partial charge is 0.303 e. The van der Waals surface area contributed by atoms with E-state index in [2.05, 4.69) is 12.2 Å². The molecule has 0 bridgehead atoms. The van der Waals surface area contributed by atoms with Gasteiger partial charge in [-0.1, -0.05) is 19.4 Å². The number of carboxylic acid groups (broad SMARTS) is 1. The fraction of sp³-hybridized carbons (Fsp3) is 0.529. The Morgan fingerprint density at radius 2 is 2.00 bits per heavy atom. The number of unbranched alkanes of at least 4 members (excludes halogenated alkanes) is 1. The van der Waals surface area contributed by atoms with E-state index in [-0.39, 0.29) is 18.7 Å². The number of nitrogens with one attached hydrogen (secondary N) is 1. The lowest BCUT2D eigenvalue weighted by Crippen LogP contribution is -2.26. The molecule has 0 spiro atoms. The standard InChI is InChI=1S/C17H25NO5/c1-3-4-11-23-15-12-13(5-6-14(15)22-2)9-10-18-16(19)7-8-17(20)21/h5-6,12H,3-4,7-11H2,1-2H3,(H,18,19)(H,20,21). The number of hydrogen-bond donors (Lipinski definition) is 2. The van der Waals surface area contributed by atoms with Gasteiger partial charge in [-0.05, 0) is 30.5 Å². The molecular weight excluding hydrogens is 298 g/mol. The molecule has 1 amide bonds. The van der Waals surface area contributed by atoms with Crippen LogP contribution in [-0.2, 0) is 16.0 Å². The van der Waals surface area contributed by atoms with E-state index in [1.54, 1.807) is 7.11 Å². The Balaban J connectivity index is 2.48. The summed E-state index contributed by atoms with van der Waals surface area (Å²) in [4.78, 5) is 21.9. The summed E-state index contributed by atoms with van der Waals surface area (Å²) in [5.74, 6) is 0.176. The summed E-state index contributed by atoms with van der Waals surface area (Å²) < 4.78 is 11.0. The molecule has 6 heteroatoms. The molecule has 0 saturated carbocycles. The van der Waals surface area contributed by atoms with Crippen LogP contribution in [0.15, 0.2) is 18.2 Å². The molecule has 0 saturated heterocycles. The maximum Gasteiger partial charge on any atom is 0.303 e. The van der Waals surface area contributed by atoms with Gasteiger partial charge in [0.2, 0.25) is 5.91 Å². The second-order valence-corrected chi connectivity index (χ2v) is 5.18. The van der Waals surface area contributed by atoms with Gasteiger partial charge in [0.25, 0.3) is 0 Å². The van der Waals surface area contributed by atoms with Crippen molar-refractivity contribution < 1.29 is 24.2 Å². The van der Waals surface area contributed by atoms with E-state index < -0.39 is 5.97 Å². The van der Waals surface area contributed by atoms with Gasteiger partial charge in [-0.3, -0.25) is 9.59 Å². The molecule has 1 aromatic carbocycles. The third-order valence-corrected chi connectivity index (χ3v) is 3.29. The van der Waals surface area contributed by atoms with Crippen molar-refractivity contribution in [1.82, 2.24) is 5.32 Å². The van der Waals surface area contributed by atoms with Crippen LogP contribution in [0.2, 0.25) is 0 Å². The molecule has 0 fully saturated rings. The number of hydrogen-bond acceptors (Lipinski definition) is 4. The quantitative estimate of drug-likeness (QED) is 0.611. The van der Waals surface area contributed by atoms with Crippen LogP contribution in [0.3, 0.4) is 0 Å². The van der Waals surface area contributed by atoms with E-state index in [1.807, 2.05) is 18.2 Å². The molecule has 2 N–H and O–H groups in total. The minimum Gasteiger partial charge on any atom is -0.493 e. The fourth-order valence-corrected chi connectivity index (χ4v) is 1.97. The van der Waals surface area contributed by atoms with Crippen molar-refractivity contribution >= 4 is 11.9 Å². The molecule has 1 aromatic rings. The van der Waals surface area contributed by atoms with Crippen LogP contribution in [0.25, 0.3) is 0 Å². The van der Waals surface area contributed by atoms with Crippen LogP contribution >= 0.6 is 0 Å². The molecule has 0 unspecified atom stereocenters. The molecule has 23 heavy (non-hydrogen) atoms. The lowest BCUT2D eigenvalue weighted by Gasteiger charge is -2.12. The fourth-order valence-electron chi connectivity index (χ4n) is 1.97. The molecule has 6 nitrogen and oxygen atoms in total. The molecular formula is C17H25NO5. The molecule has 0 aliphatic carbocycles. The van der Waals surface area contributed by atoms with Gasteiger partial charge in [-0.15, -0.1) is 0 Å². The molecule has 128 valence electrons. The van der Waals surface area contributed by atoms with Gasteiger partial charge >= 0.3 is 5.97 Å². The topological polar surface area (TPSA) is 84.9 Å². The highest BCUT2D eigenvalue weighted by Gasteiger charge is 2.07. The van der Waals surface area contributed by atoms with Crippen molar-refractivity contribution in [1.29, 1.82) is 0 Å². The molecule has 0 aliphatic rings. The van der Waals surface area contributed by atoms with Crippen LogP contribution in [-0.4, -0.2) is 37.2 Å². The Kier molecular flexibility index (Phi) is 8.57. The lowest BCUT2D eigenvalue weighted by molar-refractivity contribution is -0.138. The Bertz CT molecular complexity index is 516. The van der Waals surface area contributed by atoms with Crippen LogP contribution in [0.4, 0.5) is 0 Å². The Labute approximate surface area is 136 Å². The summed E-state index contributed by atoms with van der Waals surface area (Å²) in [5, 5.41) is 11.2. The van der Waals surface area contributed by atoms with Crippen molar-refractivity contribution in [2.45, 2.75) is 39.0 Å². The number of aliphatic carboxylic acids is 1. The predicted molar refractivity (Wildman–Crippen MR) is 87.0 cm³/mol. The normalized spacial score (nSPS) is 10.2. The SMILES string of the molecule is CCCCOc1cc(CCNC(=O)CCC(=O)O)ccc1OC. The number of benzene rings is 1. The van der Waals surface area contributed by atoms with E-state index in [1.165, 1.54) is 0 Å². The summed E-state index contributed by atoms with van der Waals surface area (Å²) in [6, 6.07) is 5.69. The van der Waals surface area contributed by atoms with Crippen LogP contribution in [0.5, 0.6) is 11.5 Å². The average molecular weight is 323 g/mol. The first-order valence-electron chi connectivity index (χ1n) is 7.85. The minimum atomic E-state index is -0.968. The van der Waals surface area contributed by atoms with Gasteiger partial charge in [0.15, 0.2) is 11.5 Å². The van der Waals surface area contributed by atoms with Crippen LogP contribution < -0.4 is 14.8 Å². The summed E-state index contributed by atoms with van der Waals surface area (Å²) in [6.45, 7) is 3.20. The second-order valence-electron chi connectivity index (χ2n) is 5.18. The van der Waals surface area contributed by atoms with E-state index >= 15 is 0 Å². The Hall–Kier alpha value is -2.24. The lowest BCUT2D eigenvalue weighted by atomic mass is 10.1. The zero-order valence-electron chi connectivity index (χ0n) is 13.8. The number of methoxy groups -OCH3 is 1. The van der Waals surface area contributed by atoms with Gasteiger partial charge in [-0.2, -0.15) is 0 Å². The van der Waals surface area contributed by atoms with Crippen molar-refractivity contribution in [3.8, 4) is 11.5 Å². The van der Waals surface area contributed by atoms with Crippen molar-refractivity contribution in [3.63, 3.8) is 0 Å². The first-order valence-corrected chi connectivity index (χ1v) is 7.85. The highest BCUT2D eigenvalue weighted by Crippen LogP contribution is 2.28. The number of amides is 1. The maximum atomic E-state index is 11.5. The molecule has 0 heterocycles. The van der Waals surface area contributed by atoms with Crippen molar-refractivity contribution in [2.75, 3.05) is 20.3 Å². The van der Waals surface area contributed by atoms with Gasteiger partial charge in [0.05, 0.1) is 20.1 Å². The number of carboxylic acids is 1. The largest absolute Gasteiger partial charge is 0.493 e. The summed E-state index contributed by atoms with van der Waals surface area (Å²) >= 11 is 0. The van der Waals surface area contributed by atoms with Gasteiger partial charge in [-0.25, -0.2) is 0 Å². The monoisotopic (exact) mass is 323 g/mol. The first kappa shape index (κ1) is 18.8. The van der Waals surface area contributed by atoms with E-state index in [0.29, 0.717) is 31.1 Å². The van der Waals surface area contributed by atoms with Gasteiger partial charge in [0.1, 0.15) is 0 Å². The van der Waals surface area contributed by atoms with E-state index in [9.17, 15) is 9.59 Å². The Morgan fingerprint density at radius 3 is 2.65 bits per heavy atom.